The minimum atomic E-state index is 0.460. The van der Waals surface area contributed by atoms with Crippen molar-refractivity contribution in [3.05, 3.63) is 34.9 Å². The molecule has 0 bridgehead atoms. The van der Waals surface area contributed by atoms with E-state index in [0.717, 1.165) is 18.0 Å². The van der Waals surface area contributed by atoms with Gasteiger partial charge >= 0.3 is 0 Å². The van der Waals surface area contributed by atoms with E-state index in [1.807, 2.05) is 23.9 Å². The first-order chi connectivity index (χ1) is 8.27. The zero-order valence-electron chi connectivity index (χ0n) is 10.7. The highest BCUT2D eigenvalue weighted by Crippen LogP contribution is 2.19. The molecule has 1 aromatic carbocycles. The molecule has 0 saturated heterocycles. The standard InChI is InChI=1S/C14H22ClNS/c1-3-14(16-10-4-5-11-17-2)12-6-8-13(15)9-7-12/h6-9,14,16H,3-5,10-11H2,1-2H3. The van der Waals surface area contributed by atoms with Crippen LogP contribution in [-0.4, -0.2) is 18.6 Å². The molecule has 0 fully saturated rings. The first kappa shape index (κ1) is 14.9. The number of halogens is 1. The summed E-state index contributed by atoms with van der Waals surface area (Å²) in [6.07, 6.45) is 5.83. The van der Waals surface area contributed by atoms with Crippen molar-refractivity contribution in [3.63, 3.8) is 0 Å². The van der Waals surface area contributed by atoms with Crippen LogP contribution in [0.5, 0.6) is 0 Å². The van der Waals surface area contributed by atoms with E-state index in [1.165, 1.54) is 24.2 Å². The van der Waals surface area contributed by atoms with Gasteiger partial charge in [-0.25, -0.2) is 0 Å². The van der Waals surface area contributed by atoms with Crippen LogP contribution < -0.4 is 5.32 Å². The van der Waals surface area contributed by atoms with E-state index in [-0.39, 0.29) is 0 Å². The molecule has 0 aliphatic carbocycles. The van der Waals surface area contributed by atoms with Crippen LogP contribution in [0.3, 0.4) is 0 Å². The number of rotatable bonds is 8. The Labute approximate surface area is 114 Å². The third-order valence-electron chi connectivity index (χ3n) is 2.85. The first-order valence-corrected chi connectivity index (χ1v) is 8.03. The van der Waals surface area contributed by atoms with Gasteiger partial charge in [0.05, 0.1) is 0 Å². The van der Waals surface area contributed by atoms with Gasteiger partial charge in [-0.2, -0.15) is 11.8 Å². The van der Waals surface area contributed by atoms with Crippen LogP contribution in [0.1, 0.15) is 37.8 Å². The van der Waals surface area contributed by atoms with E-state index in [0.29, 0.717) is 6.04 Å². The third-order valence-corrected chi connectivity index (χ3v) is 3.80. The minimum Gasteiger partial charge on any atom is -0.310 e. The summed E-state index contributed by atoms with van der Waals surface area (Å²) in [4.78, 5) is 0. The minimum absolute atomic E-state index is 0.460. The van der Waals surface area contributed by atoms with Crippen LogP contribution in [0, 0.1) is 0 Å². The second kappa shape index (κ2) is 8.84. The van der Waals surface area contributed by atoms with E-state index in [4.69, 9.17) is 11.6 Å². The Balaban J connectivity index is 2.35. The monoisotopic (exact) mass is 271 g/mol. The van der Waals surface area contributed by atoms with Crippen LogP contribution in [0.2, 0.25) is 5.02 Å². The highest BCUT2D eigenvalue weighted by Gasteiger charge is 2.07. The highest BCUT2D eigenvalue weighted by atomic mass is 35.5. The molecule has 0 amide bonds. The molecular formula is C14H22ClNS. The molecule has 1 atom stereocenters. The highest BCUT2D eigenvalue weighted by molar-refractivity contribution is 7.98. The number of hydrogen-bond acceptors (Lipinski definition) is 2. The van der Waals surface area contributed by atoms with Crippen LogP contribution in [-0.2, 0) is 0 Å². The lowest BCUT2D eigenvalue weighted by molar-refractivity contribution is 0.509. The lowest BCUT2D eigenvalue weighted by Crippen LogP contribution is -2.21. The fraction of sp³-hybridized carbons (Fsp3) is 0.571. The summed E-state index contributed by atoms with van der Waals surface area (Å²) in [6.45, 7) is 3.32. The molecule has 1 unspecified atom stereocenters. The summed E-state index contributed by atoms with van der Waals surface area (Å²) in [7, 11) is 0. The molecule has 1 nitrogen and oxygen atoms in total. The maximum Gasteiger partial charge on any atom is 0.0406 e. The van der Waals surface area contributed by atoms with Gasteiger partial charge in [0.2, 0.25) is 0 Å². The summed E-state index contributed by atoms with van der Waals surface area (Å²) in [5.74, 6) is 1.26. The van der Waals surface area contributed by atoms with Gasteiger partial charge in [-0.3, -0.25) is 0 Å². The normalized spacial score (nSPS) is 12.6. The van der Waals surface area contributed by atoms with Crippen LogP contribution >= 0.6 is 23.4 Å². The molecule has 0 aromatic heterocycles. The molecule has 96 valence electrons. The Morgan fingerprint density at radius 1 is 1.24 bits per heavy atom. The fourth-order valence-corrected chi connectivity index (χ4v) is 2.46. The van der Waals surface area contributed by atoms with Crippen molar-refractivity contribution in [3.8, 4) is 0 Å². The maximum absolute atomic E-state index is 5.90. The Hall–Kier alpha value is -0.180. The van der Waals surface area contributed by atoms with Crippen molar-refractivity contribution in [1.82, 2.24) is 5.32 Å². The molecule has 0 spiro atoms. The average molecular weight is 272 g/mol. The van der Waals surface area contributed by atoms with Gasteiger partial charge in [0, 0.05) is 11.1 Å². The Bertz CT molecular complexity index is 300. The summed E-state index contributed by atoms with van der Waals surface area (Å²) in [5, 5.41) is 4.42. The Morgan fingerprint density at radius 3 is 2.53 bits per heavy atom. The second-order valence-corrected chi connectivity index (χ2v) is 5.59. The van der Waals surface area contributed by atoms with Crippen LogP contribution in [0.4, 0.5) is 0 Å². The lowest BCUT2D eigenvalue weighted by Gasteiger charge is -2.17. The quantitative estimate of drug-likeness (QED) is 0.698. The van der Waals surface area contributed by atoms with Gasteiger partial charge in [0.15, 0.2) is 0 Å². The predicted molar refractivity (Wildman–Crippen MR) is 80.1 cm³/mol. The van der Waals surface area contributed by atoms with Gasteiger partial charge in [-0.1, -0.05) is 30.7 Å². The average Bonchev–Trinajstić information content (AvgIpc) is 2.35. The van der Waals surface area contributed by atoms with Gasteiger partial charge in [0.1, 0.15) is 0 Å². The molecular weight excluding hydrogens is 250 g/mol. The molecule has 17 heavy (non-hydrogen) atoms. The topological polar surface area (TPSA) is 12.0 Å². The maximum atomic E-state index is 5.90. The summed E-state index contributed by atoms with van der Waals surface area (Å²) < 4.78 is 0. The van der Waals surface area contributed by atoms with Crippen molar-refractivity contribution in [2.75, 3.05) is 18.6 Å². The molecule has 1 aromatic rings. The molecule has 0 heterocycles. The summed E-state index contributed by atoms with van der Waals surface area (Å²) >= 11 is 7.82. The molecule has 1 N–H and O–H groups in total. The van der Waals surface area contributed by atoms with Gasteiger partial charge in [-0.05, 0) is 55.5 Å². The molecule has 0 aliphatic heterocycles. The van der Waals surface area contributed by atoms with Gasteiger partial charge in [0.25, 0.3) is 0 Å². The smallest absolute Gasteiger partial charge is 0.0406 e. The van der Waals surface area contributed by atoms with Crippen LogP contribution in [0.15, 0.2) is 24.3 Å². The van der Waals surface area contributed by atoms with E-state index >= 15 is 0 Å². The largest absolute Gasteiger partial charge is 0.310 e. The molecule has 0 radical (unpaired) electrons. The van der Waals surface area contributed by atoms with Gasteiger partial charge in [-0.15, -0.1) is 0 Å². The lowest BCUT2D eigenvalue weighted by atomic mass is 10.0. The number of thioether (sulfide) groups is 1. The Morgan fingerprint density at radius 2 is 1.94 bits per heavy atom. The molecule has 1 rings (SSSR count). The van der Waals surface area contributed by atoms with Crippen molar-refractivity contribution in [1.29, 1.82) is 0 Å². The number of unbranched alkanes of at least 4 members (excludes halogenated alkanes) is 1. The summed E-state index contributed by atoms with van der Waals surface area (Å²) in [5.41, 5.74) is 1.33. The summed E-state index contributed by atoms with van der Waals surface area (Å²) in [6, 6.07) is 8.63. The van der Waals surface area contributed by atoms with E-state index in [1.54, 1.807) is 0 Å². The zero-order chi connectivity index (χ0) is 12.5. The fourth-order valence-electron chi connectivity index (χ4n) is 1.84. The molecule has 0 saturated carbocycles. The first-order valence-electron chi connectivity index (χ1n) is 6.25. The Kier molecular flexibility index (Phi) is 7.74. The van der Waals surface area contributed by atoms with E-state index in [2.05, 4.69) is 30.6 Å². The van der Waals surface area contributed by atoms with Crippen molar-refractivity contribution >= 4 is 23.4 Å². The number of nitrogens with one attached hydrogen (secondary N) is 1. The molecule has 0 aliphatic rings. The van der Waals surface area contributed by atoms with E-state index in [9.17, 15) is 0 Å². The van der Waals surface area contributed by atoms with Gasteiger partial charge < -0.3 is 5.32 Å². The number of benzene rings is 1. The third kappa shape index (κ3) is 5.80. The second-order valence-electron chi connectivity index (χ2n) is 4.17. The van der Waals surface area contributed by atoms with Crippen molar-refractivity contribution < 1.29 is 0 Å². The van der Waals surface area contributed by atoms with Crippen molar-refractivity contribution in [2.24, 2.45) is 0 Å². The van der Waals surface area contributed by atoms with E-state index < -0.39 is 0 Å². The zero-order valence-corrected chi connectivity index (χ0v) is 12.3. The number of hydrogen-bond donors (Lipinski definition) is 1. The SMILES string of the molecule is CCC(NCCCCSC)c1ccc(Cl)cc1. The van der Waals surface area contributed by atoms with Crippen LogP contribution in [0.25, 0.3) is 0 Å². The van der Waals surface area contributed by atoms with Crippen molar-refractivity contribution in [2.45, 2.75) is 32.2 Å². The predicted octanol–water partition coefficient (Wildman–Crippen LogP) is 4.52. The molecule has 3 heteroatoms.